The van der Waals surface area contributed by atoms with Crippen LogP contribution in [0.4, 0.5) is 5.69 Å². The van der Waals surface area contributed by atoms with Gasteiger partial charge in [-0.2, -0.15) is 9.97 Å². The van der Waals surface area contributed by atoms with Crippen molar-refractivity contribution in [2.24, 2.45) is 0 Å². The SMILES string of the molecule is COc1nc(C)c(NC(=O)COCc2ccccc2)c(C)n1. The van der Waals surface area contributed by atoms with Crippen molar-refractivity contribution in [3.63, 3.8) is 0 Å². The normalized spacial score (nSPS) is 10.3. The molecule has 1 amide bonds. The van der Waals surface area contributed by atoms with Crippen LogP contribution >= 0.6 is 0 Å². The van der Waals surface area contributed by atoms with Crippen LogP contribution in [0.15, 0.2) is 30.3 Å². The van der Waals surface area contributed by atoms with Crippen LogP contribution in [0, 0.1) is 13.8 Å². The summed E-state index contributed by atoms with van der Waals surface area (Å²) in [5.41, 5.74) is 2.92. The van der Waals surface area contributed by atoms with Crippen LogP contribution in [0.3, 0.4) is 0 Å². The fraction of sp³-hybridized carbons (Fsp3) is 0.312. The molecule has 0 aliphatic carbocycles. The van der Waals surface area contributed by atoms with Gasteiger partial charge in [0.1, 0.15) is 6.61 Å². The van der Waals surface area contributed by atoms with Crippen LogP contribution in [0.5, 0.6) is 6.01 Å². The number of aryl methyl sites for hydroxylation is 2. The molecule has 22 heavy (non-hydrogen) atoms. The van der Waals surface area contributed by atoms with E-state index in [0.29, 0.717) is 23.7 Å². The van der Waals surface area contributed by atoms with Crippen molar-refractivity contribution in [2.45, 2.75) is 20.5 Å². The van der Waals surface area contributed by atoms with Gasteiger partial charge in [0.25, 0.3) is 0 Å². The predicted molar refractivity (Wildman–Crippen MR) is 82.8 cm³/mol. The highest BCUT2D eigenvalue weighted by molar-refractivity contribution is 5.92. The fourth-order valence-corrected chi connectivity index (χ4v) is 1.97. The molecule has 0 saturated carbocycles. The molecule has 0 saturated heterocycles. The van der Waals surface area contributed by atoms with E-state index in [1.165, 1.54) is 7.11 Å². The Kier molecular flexibility index (Phi) is 5.43. The lowest BCUT2D eigenvalue weighted by Crippen LogP contribution is -2.20. The van der Waals surface area contributed by atoms with E-state index in [1.807, 2.05) is 30.3 Å². The van der Waals surface area contributed by atoms with E-state index in [-0.39, 0.29) is 18.5 Å². The molecule has 116 valence electrons. The van der Waals surface area contributed by atoms with Crippen LogP contribution in [0.2, 0.25) is 0 Å². The second-order valence-electron chi connectivity index (χ2n) is 4.78. The van der Waals surface area contributed by atoms with Gasteiger partial charge in [0.05, 0.1) is 30.8 Å². The van der Waals surface area contributed by atoms with E-state index in [2.05, 4.69) is 15.3 Å². The molecule has 0 fully saturated rings. The summed E-state index contributed by atoms with van der Waals surface area (Å²) in [5.74, 6) is -0.240. The molecular formula is C16H19N3O3. The summed E-state index contributed by atoms with van der Waals surface area (Å²) in [6.45, 7) is 3.94. The first-order valence-corrected chi connectivity index (χ1v) is 6.91. The number of carbonyl (C=O) groups is 1. The highest BCUT2D eigenvalue weighted by Crippen LogP contribution is 2.19. The number of amides is 1. The van der Waals surface area contributed by atoms with E-state index in [0.717, 1.165) is 5.56 Å². The Morgan fingerprint density at radius 3 is 2.36 bits per heavy atom. The highest BCUT2D eigenvalue weighted by Gasteiger charge is 2.12. The topological polar surface area (TPSA) is 73.3 Å². The molecular weight excluding hydrogens is 282 g/mol. The minimum absolute atomic E-state index is 0.0280. The second-order valence-corrected chi connectivity index (χ2v) is 4.78. The number of rotatable bonds is 6. The molecule has 1 N–H and O–H groups in total. The summed E-state index contributed by atoms with van der Waals surface area (Å²) in [4.78, 5) is 20.2. The minimum atomic E-state index is -0.240. The lowest BCUT2D eigenvalue weighted by atomic mass is 10.2. The molecule has 0 unspecified atom stereocenters. The molecule has 6 nitrogen and oxygen atoms in total. The van der Waals surface area contributed by atoms with E-state index in [1.54, 1.807) is 13.8 Å². The number of aromatic nitrogens is 2. The first kappa shape index (κ1) is 15.9. The van der Waals surface area contributed by atoms with Crippen LogP contribution in [-0.2, 0) is 16.1 Å². The zero-order valence-electron chi connectivity index (χ0n) is 12.9. The Balaban J connectivity index is 1.89. The quantitative estimate of drug-likeness (QED) is 0.886. The van der Waals surface area contributed by atoms with Crippen molar-refractivity contribution in [3.05, 3.63) is 47.3 Å². The summed E-state index contributed by atoms with van der Waals surface area (Å²) in [6.07, 6.45) is 0. The van der Waals surface area contributed by atoms with E-state index in [9.17, 15) is 4.79 Å². The standard InChI is InChI=1S/C16H19N3O3/c1-11-15(12(2)18-16(17-11)21-3)19-14(20)10-22-9-13-7-5-4-6-8-13/h4-8H,9-10H2,1-3H3,(H,19,20). The van der Waals surface area contributed by atoms with Crippen molar-refractivity contribution in [1.82, 2.24) is 9.97 Å². The Morgan fingerprint density at radius 2 is 1.77 bits per heavy atom. The van der Waals surface area contributed by atoms with Crippen molar-refractivity contribution in [2.75, 3.05) is 19.0 Å². The molecule has 0 atom stereocenters. The third-order valence-corrected chi connectivity index (χ3v) is 3.04. The molecule has 6 heteroatoms. The first-order valence-electron chi connectivity index (χ1n) is 6.91. The Labute approximate surface area is 129 Å². The monoisotopic (exact) mass is 301 g/mol. The molecule has 1 aromatic heterocycles. The minimum Gasteiger partial charge on any atom is -0.467 e. The van der Waals surface area contributed by atoms with E-state index >= 15 is 0 Å². The highest BCUT2D eigenvalue weighted by atomic mass is 16.5. The summed E-state index contributed by atoms with van der Waals surface area (Å²) in [6, 6.07) is 9.98. The van der Waals surface area contributed by atoms with Gasteiger partial charge in [0, 0.05) is 0 Å². The summed E-state index contributed by atoms with van der Waals surface area (Å²) >= 11 is 0. The van der Waals surface area contributed by atoms with Crippen LogP contribution in [-0.4, -0.2) is 29.6 Å². The van der Waals surface area contributed by atoms with Crippen molar-refractivity contribution < 1.29 is 14.3 Å². The number of anilines is 1. The molecule has 0 aliphatic rings. The van der Waals surface area contributed by atoms with Gasteiger partial charge in [-0.1, -0.05) is 30.3 Å². The molecule has 0 aliphatic heterocycles. The molecule has 1 heterocycles. The smallest absolute Gasteiger partial charge is 0.316 e. The average molecular weight is 301 g/mol. The van der Waals surface area contributed by atoms with Crippen LogP contribution < -0.4 is 10.1 Å². The molecule has 0 radical (unpaired) electrons. The first-order chi connectivity index (χ1) is 10.6. The Hall–Kier alpha value is -2.47. The predicted octanol–water partition coefficient (Wildman–Crippen LogP) is 2.26. The van der Waals surface area contributed by atoms with Gasteiger partial charge in [-0.05, 0) is 19.4 Å². The Bertz CT molecular complexity index is 621. The summed E-state index contributed by atoms with van der Waals surface area (Å²) in [5, 5.41) is 2.77. The maximum Gasteiger partial charge on any atom is 0.316 e. The average Bonchev–Trinajstić information content (AvgIpc) is 2.51. The van der Waals surface area contributed by atoms with Gasteiger partial charge in [0.2, 0.25) is 5.91 Å². The second kappa shape index (κ2) is 7.51. The van der Waals surface area contributed by atoms with Crippen molar-refractivity contribution in [1.29, 1.82) is 0 Å². The zero-order valence-corrected chi connectivity index (χ0v) is 12.9. The van der Waals surface area contributed by atoms with Gasteiger partial charge in [0.15, 0.2) is 0 Å². The van der Waals surface area contributed by atoms with Crippen molar-refractivity contribution >= 4 is 11.6 Å². The lowest BCUT2D eigenvalue weighted by molar-refractivity contribution is -0.121. The molecule has 1 aromatic carbocycles. The van der Waals surface area contributed by atoms with Gasteiger partial charge in [-0.3, -0.25) is 4.79 Å². The van der Waals surface area contributed by atoms with Gasteiger partial charge < -0.3 is 14.8 Å². The largest absolute Gasteiger partial charge is 0.467 e. The van der Waals surface area contributed by atoms with Gasteiger partial charge in [-0.15, -0.1) is 0 Å². The summed E-state index contributed by atoms with van der Waals surface area (Å²) < 4.78 is 10.4. The van der Waals surface area contributed by atoms with E-state index in [4.69, 9.17) is 9.47 Å². The lowest BCUT2D eigenvalue weighted by Gasteiger charge is -2.11. The number of nitrogens with zero attached hydrogens (tertiary/aromatic N) is 2. The third-order valence-electron chi connectivity index (χ3n) is 3.04. The number of methoxy groups -OCH3 is 1. The summed E-state index contributed by atoms with van der Waals surface area (Å²) in [7, 11) is 1.50. The molecule has 0 bridgehead atoms. The van der Waals surface area contributed by atoms with Crippen LogP contribution in [0.1, 0.15) is 17.0 Å². The van der Waals surface area contributed by atoms with E-state index < -0.39 is 0 Å². The third kappa shape index (κ3) is 4.26. The number of carbonyl (C=O) groups excluding carboxylic acids is 1. The zero-order chi connectivity index (χ0) is 15.9. The molecule has 2 aromatic rings. The number of hydrogen-bond acceptors (Lipinski definition) is 5. The Morgan fingerprint density at radius 1 is 1.14 bits per heavy atom. The molecule has 2 rings (SSSR count). The maximum atomic E-state index is 11.9. The number of hydrogen-bond donors (Lipinski definition) is 1. The maximum absolute atomic E-state index is 11.9. The fourth-order valence-electron chi connectivity index (χ4n) is 1.97. The van der Waals surface area contributed by atoms with Crippen molar-refractivity contribution in [3.8, 4) is 6.01 Å². The number of benzene rings is 1. The van der Waals surface area contributed by atoms with Gasteiger partial charge in [-0.25, -0.2) is 0 Å². The van der Waals surface area contributed by atoms with Crippen LogP contribution in [0.25, 0.3) is 0 Å². The number of ether oxygens (including phenoxy) is 2. The van der Waals surface area contributed by atoms with Gasteiger partial charge >= 0.3 is 6.01 Å². The number of nitrogens with one attached hydrogen (secondary N) is 1. The molecule has 0 spiro atoms.